The third-order valence-corrected chi connectivity index (χ3v) is 7.03. The molecule has 1 spiro atoms. The maximum absolute atomic E-state index is 15.2. The second kappa shape index (κ2) is 8.61. The number of halogens is 1. The summed E-state index contributed by atoms with van der Waals surface area (Å²) in [7, 11) is 0. The number of aromatic nitrogens is 2. The van der Waals surface area contributed by atoms with Crippen LogP contribution in [0.15, 0.2) is 47.3 Å². The van der Waals surface area contributed by atoms with Crippen molar-refractivity contribution in [3.05, 3.63) is 77.3 Å². The molecule has 2 aliphatic rings. The van der Waals surface area contributed by atoms with Gasteiger partial charge in [0.1, 0.15) is 17.6 Å². The lowest BCUT2D eigenvalue weighted by atomic mass is 9.75. The van der Waals surface area contributed by atoms with E-state index < -0.39 is 11.4 Å². The maximum atomic E-state index is 15.2. The molecule has 172 valence electrons. The van der Waals surface area contributed by atoms with Gasteiger partial charge >= 0.3 is 0 Å². The van der Waals surface area contributed by atoms with E-state index in [0.717, 1.165) is 31.4 Å². The van der Waals surface area contributed by atoms with Gasteiger partial charge in [0.05, 0.1) is 30.3 Å². The molecule has 0 atom stereocenters. The average Bonchev–Trinajstić information content (AvgIpc) is 3.40. The Hall–Kier alpha value is -3.64. The van der Waals surface area contributed by atoms with Gasteiger partial charge in [-0.05, 0) is 75.0 Å². The van der Waals surface area contributed by atoms with E-state index in [1.165, 1.54) is 24.0 Å². The molecule has 0 unspecified atom stereocenters. The Balaban J connectivity index is 1.41. The fourth-order valence-corrected chi connectivity index (χ4v) is 5.10. The Morgan fingerprint density at radius 2 is 2.06 bits per heavy atom. The highest BCUT2D eigenvalue weighted by atomic mass is 32.1. The van der Waals surface area contributed by atoms with Gasteiger partial charge in [-0.15, -0.1) is 0 Å². The number of thiocarbonyl (C=S) groups is 1. The lowest BCUT2D eigenvalue weighted by molar-refractivity contribution is -0.123. The summed E-state index contributed by atoms with van der Waals surface area (Å²) in [6, 6.07) is 6.84. The predicted octanol–water partition coefficient (Wildman–Crippen LogP) is 5.30. The summed E-state index contributed by atoms with van der Waals surface area (Å²) in [5.41, 5.74) is 1.33. The number of carbonyl (C=O) groups is 1. The highest BCUT2D eigenvalue weighted by Gasteiger charge is 2.60. The first-order valence-electron chi connectivity index (χ1n) is 11.1. The van der Waals surface area contributed by atoms with Gasteiger partial charge in [-0.2, -0.15) is 0 Å². The van der Waals surface area contributed by atoms with Crippen molar-refractivity contribution in [1.29, 1.82) is 0 Å². The van der Waals surface area contributed by atoms with Crippen molar-refractivity contribution < 1.29 is 13.6 Å². The van der Waals surface area contributed by atoms with Gasteiger partial charge in [-0.3, -0.25) is 14.7 Å². The third kappa shape index (κ3) is 3.46. The number of hydrogen-bond donors (Lipinski definition) is 0. The number of rotatable bonds is 6. The first-order chi connectivity index (χ1) is 16.5. The van der Waals surface area contributed by atoms with Crippen LogP contribution in [0.25, 0.3) is 4.85 Å². The molecule has 9 heteroatoms. The van der Waals surface area contributed by atoms with Crippen molar-refractivity contribution in [2.24, 2.45) is 0 Å². The first kappa shape index (κ1) is 22.2. The highest BCUT2D eigenvalue weighted by molar-refractivity contribution is 7.81. The second-order valence-corrected chi connectivity index (χ2v) is 8.95. The van der Waals surface area contributed by atoms with E-state index in [1.807, 2.05) is 17.0 Å². The monoisotopic (exact) mass is 475 g/mol. The summed E-state index contributed by atoms with van der Waals surface area (Å²) in [5, 5.41) is 0.233. The van der Waals surface area contributed by atoms with E-state index in [0.29, 0.717) is 24.4 Å². The van der Waals surface area contributed by atoms with E-state index in [-0.39, 0.29) is 28.0 Å². The molecule has 34 heavy (non-hydrogen) atoms. The number of aryl methyl sites for hydroxylation is 2. The van der Waals surface area contributed by atoms with Crippen LogP contribution in [-0.4, -0.2) is 26.5 Å². The molecule has 7 nitrogen and oxygen atoms in total. The number of amides is 1. The Labute approximate surface area is 202 Å². The number of pyridine rings is 1. The number of anilines is 2. The zero-order chi connectivity index (χ0) is 23.9. The van der Waals surface area contributed by atoms with E-state index in [1.54, 1.807) is 18.7 Å². The molecule has 1 aromatic carbocycles. The molecule has 1 aliphatic carbocycles. The first-order valence-corrected chi connectivity index (χ1v) is 11.6. The molecule has 2 fully saturated rings. The number of hydrogen-bond acceptors (Lipinski definition) is 5. The minimum atomic E-state index is -0.815. The van der Waals surface area contributed by atoms with Crippen LogP contribution in [0.4, 0.5) is 21.5 Å². The van der Waals surface area contributed by atoms with Crippen LogP contribution < -0.4 is 9.80 Å². The third-order valence-electron chi connectivity index (χ3n) is 6.67. The number of oxazole rings is 1. The molecule has 1 saturated heterocycles. The van der Waals surface area contributed by atoms with E-state index >= 15 is 4.39 Å². The van der Waals surface area contributed by atoms with Crippen molar-refractivity contribution in [3.63, 3.8) is 0 Å². The molecule has 3 aromatic rings. The van der Waals surface area contributed by atoms with Gasteiger partial charge in [-0.25, -0.2) is 14.2 Å². The van der Waals surface area contributed by atoms with Crippen molar-refractivity contribution in [1.82, 2.24) is 9.97 Å². The normalized spacial score (nSPS) is 16.7. The molecule has 0 radical (unpaired) electrons. The number of benzene rings is 1. The summed E-state index contributed by atoms with van der Waals surface area (Å²) in [4.78, 5) is 28.8. The summed E-state index contributed by atoms with van der Waals surface area (Å²) in [6.45, 7) is 8.75. The van der Waals surface area contributed by atoms with Crippen LogP contribution in [0.1, 0.15) is 42.8 Å². The molecule has 2 aromatic heterocycles. The largest absolute Gasteiger partial charge is 0.449 e. The highest BCUT2D eigenvalue weighted by Crippen LogP contribution is 2.48. The van der Waals surface area contributed by atoms with Crippen molar-refractivity contribution in [2.45, 2.75) is 51.0 Å². The van der Waals surface area contributed by atoms with Gasteiger partial charge in [0.25, 0.3) is 5.91 Å². The van der Waals surface area contributed by atoms with Crippen LogP contribution >= 0.6 is 12.2 Å². The standard InChI is InChI=1S/C25H22FN5O2S/c1-16-19(27-2)9-10-20(22(16)26)30-23(32)25(11-4-12-25)31(24(30)34)18-8-7-17(29-15-18)5-3-6-21-28-13-14-33-21/h7-10,13-15H,3-6,11-12H2,1H3. The van der Waals surface area contributed by atoms with E-state index in [2.05, 4.69) is 14.8 Å². The fourth-order valence-electron chi connectivity index (χ4n) is 4.64. The second-order valence-electron chi connectivity index (χ2n) is 8.59. The number of carbonyl (C=O) groups excluding carboxylic acids is 1. The maximum Gasteiger partial charge on any atom is 0.259 e. The fraction of sp³-hybridized carbons (Fsp3) is 0.320. The summed E-state index contributed by atoms with van der Waals surface area (Å²) >= 11 is 5.72. The minimum Gasteiger partial charge on any atom is -0.449 e. The van der Waals surface area contributed by atoms with Crippen LogP contribution in [0, 0.1) is 19.3 Å². The molecule has 1 saturated carbocycles. The summed E-state index contributed by atoms with van der Waals surface area (Å²) in [6.07, 6.45) is 9.45. The smallest absolute Gasteiger partial charge is 0.259 e. The van der Waals surface area contributed by atoms with Crippen molar-refractivity contribution in [2.75, 3.05) is 9.80 Å². The van der Waals surface area contributed by atoms with Gasteiger partial charge < -0.3 is 9.32 Å². The van der Waals surface area contributed by atoms with E-state index in [9.17, 15) is 4.79 Å². The molecule has 5 rings (SSSR count). The van der Waals surface area contributed by atoms with Crippen LogP contribution in [0.5, 0.6) is 0 Å². The van der Waals surface area contributed by atoms with Gasteiger partial charge in [0.2, 0.25) is 0 Å². The summed E-state index contributed by atoms with van der Waals surface area (Å²) < 4.78 is 20.5. The van der Waals surface area contributed by atoms with Gasteiger partial charge in [-0.1, -0.05) is 6.07 Å². The van der Waals surface area contributed by atoms with Crippen LogP contribution in [-0.2, 0) is 17.6 Å². The number of nitrogens with zero attached hydrogens (tertiary/aromatic N) is 5. The molecule has 3 heterocycles. The average molecular weight is 476 g/mol. The Bertz CT molecular complexity index is 1300. The van der Waals surface area contributed by atoms with Crippen LogP contribution in [0.3, 0.4) is 0 Å². The summed E-state index contributed by atoms with van der Waals surface area (Å²) in [5.74, 6) is -0.121. The molecule has 0 N–H and O–H groups in total. The molecular formula is C25H22FN5O2S. The van der Waals surface area contributed by atoms with Gasteiger partial charge in [0, 0.05) is 12.1 Å². The molecule has 1 amide bonds. The van der Waals surface area contributed by atoms with E-state index in [4.69, 9.17) is 23.2 Å². The molecular weight excluding hydrogens is 453 g/mol. The quantitative estimate of drug-likeness (QED) is 0.356. The minimum absolute atomic E-state index is 0.0878. The SMILES string of the molecule is [C-]#[N+]c1ccc(N2C(=O)C3(CCC3)N(c3ccc(CCCc4ncco4)nc3)C2=S)c(F)c1C. The lowest BCUT2D eigenvalue weighted by Crippen LogP contribution is -2.55. The Morgan fingerprint density at radius 1 is 1.24 bits per heavy atom. The van der Waals surface area contributed by atoms with Crippen molar-refractivity contribution in [3.8, 4) is 0 Å². The van der Waals surface area contributed by atoms with Crippen molar-refractivity contribution >= 4 is 40.3 Å². The van der Waals surface area contributed by atoms with Gasteiger partial charge in [0.15, 0.2) is 16.7 Å². The topological polar surface area (TPSA) is 66.8 Å². The zero-order valence-corrected chi connectivity index (χ0v) is 19.4. The Kier molecular flexibility index (Phi) is 5.62. The lowest BCUT2D eigenvalue weighted by Gasteiger charge is -2.42. The molecule has 1 aliphatic heterocycles. The molecule has 0 bridgehead atoms. The van der Waals surface area contributed by atoms with Crippen LogP contribution in [0.2, 0.25) is 0 Å². The zero-order valence-electron chi connectivity index (χ0n) is 18.6. The predicted molar refractivity (Wildman–Crippen MR) is 129 cm³/mol. The Morgan fingerprint density at radius 3 is 2.68 bits per heavy atom.